The van der Waals surface area contributed by atoms with Gasteiger partial charge in [0.2, 0.25) is 11.8 Å². The van der Waals surface area contributed by atoms with Crippen LogP contribution in [0.5, 0.6) is 0 Å². The van der Waals surface area contributed by atoms with Crippen molar-refractivity contribution in [2.75, 3.05) is 6.54 Å². The van der Waals surface area contributed by atoms with E-state index in [0.717, 1.165) is 32.2 Å². The normalized spacial score (nSPS) is 27.0. The highest BCUT2D eigenvalue weighted by atomic mass is 16.5. The van der Waals surface area contributed by atoms with E-state index >= 15 is 0 Å². The Morgan fingerprint density at radius 2 is 2.09 bits per heavy atom. The number of amides is 1. The molecule has 1 aromatic carbocycles. The van der Waals surface area contributed by atoms with Crippen LogP contribution in [-0.2, 0) is 4.79 Å². The summed E-state index contributed by atoms with van der Waals surface area (Å²) >= 11 is 0. The Morgan fingerprint density at radius 1 is 1.26 bits per heavy atom. The molecule has 2 heterocycles. The first-order valence-electron chi connectivity index (χ1n) is 8.39. The zero-order chi connectivity index (χ0) is 15.8. The maximum absolute atomic E-state index is 13.0. The van der Waals surface area contributed by atoms with Gasteiger partial charge >= 0.3 is 0 Å². The molecule has 2 aliphatic rings. The number of aryl methyl sites for hydroxylation is 1. The van der Waals surface area contributed by atoms with Gasteiger partial charge in [-0.15, -0.1) is 0 Å². The van der Waals surface area contributed by atoms with Crippen LogP contribution in [0.2, 0.25) is 0 Å². The fourth-order valence-corrected chi connectivity index (χ4v) is 3.65. The Morgan fingerprint density at radius 3 is 2.83 bits per heavy atom. The Hall–Kier alpha value is -2.17. The van der Waals surface area contributed by atoms with Crippen LogP contribution in [0, 0.1) is 12.8 Å². The van der Waals surface area contributed by atoms with Crippen LogP contribution in [0.3, 0.4) is 0 Å². The fourth-order valence-electron chi connectivity index (χ4n) is 3.65. The van der Waals surface area contributed by atoms with E-state index in [1.165, 1.54) is 5.56 Å². The molecule has 4 rings (SSSR count). The van der Waals surface area contributed by atoms with E-state index in [0.29, 0.717) is 17.6 Å². The van der Waals surface area contributed by atoms with Gasteiger partial charge in [-0.1, -0.05) is 35.5 Å². The summed E-state index contributed by atoms with van der Waals surface area (Å²) < 4.78 is 5.34. The molecule has 0 bridgehead atoms. The Bertz CT molecular complexity index is 697. The number of aromatic nitrogens is 2. The predicted octanol–water partition coefficient (Wildman–Crippen LogP) is 3.24. The molecule has 1 saturated carbocycles. The highest BCUT2D eigenvalue weighted by Crippen LogP contribution is 2.49. The zero-order valence-electron chi connectivity index (χ0n) is 13.3. The van der Waals surface area contributed by atoms with Crippen LogP contribution in [0.15, 0.2) is 34.9 Å². The number of likely N-dealkylation sites (tertiary alicyclic amines) is 1. The van der Waals surface area contributed by atoms with E-state index in [2.05, 4.69) is 22.3 Å². The van der Waals surface area contributed by atoms with Crippen LogP contribution in [0.25, 0.3) is 0 Å². The van der Waals surface area contributed by atoms with E-state index in [9.17, 15) is 4.79 Å². The number of carbonyl (C=O) groups excluding carboxylic acids is 1. The molecule has 0 N–H and O–H groups in total. The van der Waals surface area contributed by atoms with E-state index in [1.807, 2.05) is 30.0 Å². The summed E-state index contributed by atoms with van der Waals surface area (Å²) in [5.41, 5.74) is 1.27. The van der Waals surface area contributed by atoms with Crippen molar-refractivity contribution in [3.8, 4) is 0 Å². The lowest BCUT2D eigenvalue weighted by atomic mass is 10.0. The lowest BCUT2D eigenvalue weighted by Crippen LogP contribution is -2.39. The molecular weight excluding hydrogens is 290 g/mol. The number of nitrogens with zero attached hydrogens (tertiary/aromatic N) is 3. The average Bonchev–Trinajstić information content (AvgIpc) is 3.29. The first-order chi connectivity index (χ1) is 11.2. The van der Waals surface area contributed by atoms with Gasteiger partial charge in [0.05, 0.1) is 0 Å². The Kier molecular flexibility index (Phi) is 3.63. The molecule has 23 heavy (non-hydrogen) atoms. The maximum Gasteiger partial charge on any atom is 0.249 e. The molecule has 1 saturated heterocycles. The van der Waals surface area contributed by atoms with Crippen molar-refractivity contribution in [2.45, 2.75) is 44.6 Å². The molecular formula is C18H21N3O2. The van der Waals surface area contributed by atoms with Gasteiger partial charge < -0.3 is 9.42 Å². The number of benzene rings is 1. The largest absolute Gasteiger partial charge is 0.337 e. The molecule has 0 unspecified atom stereocenters. The van der Waals surface area contributed by atoms with Crippen LogP contribution in [0.4, 0.5) is 0 Å². The third-order valence-corrected chi connectivity index (χ3v) is 4.95. The van der Waals surface area contributed by atoms with Gasteiger partial charge in [-0.3, -0.25) is 4.79 Å². The number of hydrogen-bond donors (Lipinski definition) is 0. The molecule has 1 amide bonds. The number of rotatable bonds is 3. The summed E-state index contributed by atoms with van der Waals surface area (Å²) in [7, 11) is 0. The van der Waals surface area contributed by atoms with Crippen molar-refractivity contribution in [1.82, 2.24) is 15.0 Å². The summed E-state index contributed by atoms with van der Waals surface area (Å²) in [6, 6.07) is 10.3. The smallest absolute Gasteiger partial charge is 0.249 e. The van der Waals surface area contributed by atoms with Crippen LogP contribution in [0.1, 0.15) is 54.9 Å². The lowest BCUT2D eigenvalue weighted by Gasteiger charge is -2.33. The van der Waals surface area contributed by atoms with Gasteiger partial charge in [0, 0.05) is 12.5 Å². The van der Waals surface area contributed by atoms with Gasteiger partial charge in [-0.2, -0.15) is 4.98 Å². The molecule has 5 heteroatoms. The third kappa shape index (κ3) is 2.76. The maximum atomic E-state index is 13.0. The number of piperidine rings is 1. The minimum atomic E-state index is -0.0468. The topological polar surface area (TPSA) is 59.2 Å². The van der Waals surface area contributed by atoms with E-state index in [-0.39, 0.29) is 17.9 Å². The first-order valence-corrected chi connectivity index (χ1v) is 8.39. The van der Waals surface area contributed by atoms with Crippen LogP contribution >= 0.6 is 0 Å². The van der Waals surface area contributed by atoms with Crippen molar-refractivity contribution in [3.05, 3.63) is 47.6 Å². The summed E-state index contributed by atoms with van der Waals surface area (Å²) in [5.74, 6) is 1.95. The summed E-state index contributed by atoms with van der Waals surface area (Å²) in [5, 5.41) is 3.88. The zero-order valence-corrected chi connectivity index (χ0v) is 13.3. The molecule has 120 valence electrons. The molecule has 2 fully saturated rings. The van der Waals surface area contributed by atoms with Crippen LogP contribution < -0.4 is 0 Å². The van der Waals surface area contributed by atoms with Crippen molar-refractivity contribution >= 4 is 5.91 Å². The Labute approximate surface area is 135 Å². The number of carbonyl (C=O) groups is 1. The lowest BCUT2D eigenvalue weighted by molar-refractivity contribution is -0.137. The summed E-state index contributed by atoms with van der Waals surface area (Å²) in [6.45, 7) is 2.61. The summed E-state index contributed by atoms with van der Waals surface area (Å²) in [6.07, 6.45) is 4.02. The molecule has 1 aliphatic heterocycles. The van der Waals surface area contributed by atoms with Crippen molar-refractivity contribution < 1.29 is 9.32 Å². The highest BCUT2D eigenvalue weighted by molar-refractivity contribution is 5.83. The van der Waals surface area contributed by atoms with Crippen molar-refractivity contribution in [1.29, 1.82) is 0 Å². The minimum absolute atomic E-state index is 0.0468. The number of hydrogen-bond acceptors (Lipinski definition) is 4. The molecule has 0 radical (unpaired) electrons. The second-order valence-electron chi connectivity index (χ2n) is 6.58. The van der Waals surface area contributed by atoms with E-state index in [4.69, 9.17) is 4.52 Å². The molecule has 0 spiro atoms. The Balaban J connectivity index is 1.51. The van der Waals surface area contributed by atoms with Crippen LogP contribution in [-0.4, -0.2) is 27.5 Å². The molecule has 1 aliphatic carbocycles. The van der Waals surface area contributed by atoms with Gasteiger partial charge in [0.1, 0.15) is 6.04 Å². The third-order valence-electron chi connectivity index (χ3n) is 4.95. The molecule has 5 nitrogen and oxygen atoms in total. The standard InChI is InChI=1S/C18H21N3O2/c1-12-19-17(23-20-12)16-9-5-6-10-21(16)18(22)15-11-14(15)13-7-3-2-4-8-13/h2-4,7-8,14-16H,5-6,9-11H2,1H3/t14-,15+,16+/m1/s1. The molecule has 1 aromatic heterocycles. The van der Waals surface area contributed by atoms with E-state index in [1.54, 1.807) is 0 Å². The van der Waals surface area contributed by atoms with Gasteiger partial charge in [0.15, 0.2) is 5.82 Å². The highest BCUT2D eigenvalue weighted by Gasteiger charge is 2.47. The van der Waals surface area contributed by atoms with Gasteiger partial charge in [-0.05, 0) is 44.1 Å². The second kappa shape index (κ2) is 5.80. The second-order valence-corrected chi connectivity index (χ2v) is 6.58. The fraction of sp³-hybridized carbons (Fsp3) is 0.500. The SMILES string of the molecule is Cc1noc([C@@H]2CCCCN2C(=O)[C@H]2C[C@@H]2c2ccccc2)n1. The summed E-state index contributed by atoms with van der Waals surface area (Å²) in [4.78, 5) is 19.3. The quantitative estimate of drug-likeness (QED) is 0.873. The molecule has 3 atom stereocenters. The van der Waals surface area contributed by atoms with Gasteiger partial charge in [-0.25, -0.2) is 0 Å². The predicted molar refractivity (Wildman–Crippen MR) is 84.6 cm³/mol. The van der Waals surface area contributed by atoms with Crippen molar-refractivity contribution in [3.63, 3.8) is 0 Å². The monoisotopic (exact) mass is 311 g/mol. The van der Waals surface area contributed by atoms with Crippen molar-refractivity contribution in [2.24, 2.45) is 5.92 Å². The van der Waals surface area contributed by atoms with E-state index < -0.39 is 0 Å². The average molecular weight is 311 g/mol. The first kappa shape index (κ1) is 14.4. The molecule has 2 aromatic rings. The minimum Gasteiger partial charge on any atom is -0.337 e. The van der Waals surface area contributed by atoms with Gasteiger partial charge in [0.25, 0.3) is 0 Å².